The quantitative estimate of drug-likeness (QED) is 0.736. The summed E-state index contributed by atoms with van der Waals surface area (Å²) in [6.45, 7) is 10.2. The zero-order valence-electron chi connectivity index (χ0n) is 13.6. The third-order valence-corrected chi connectivity index (χ3v) is 3.22. The normalized spacial score (nSPS) is 12.2. The molecule has 0 bridgehead atoms. The van der Waals surface area contributed by atoms with Gasteiger partial charge < -0.3 is 15.4 Å². The third-order valence-electron chi connectivity index (χ3n) is 3.22. The molecule has 1 unspecified atom stereocenters. The summed E-state index contributed by atoms with van der Waals surface area (Å²) in [6.07, 6.45) is 0.918. The fourth-order valence-corrected chi connectivity index (χ4v) is 1.85. The lowest BCUT2D eigenvalue weighted by molar-refractivity contribution is -0.123. The molecular weight excluding hydrogens is 264 g/mol. The fraction of sp³-hybridized carbons (Fsp3) is 0.588. The van der Waals surface area contributed by atoms with E-state index in [1.54, 1.807) is 0 Å². The van der Waals surface area contributed by atoms with E-state index in [-0.39, 0.29) is 18.6 Å². The lowest BCUT2D eigenvalue weighted by Crippen LogP contribution is -2.35. The monoisotopic (exact) mass is 292 g/mol. The van der Waals surface area contributed by atoms with E-state index >= 15 is 0 Å². The van der Waals surface area contributed by atoms with Crippen LogP contribution in [0.5, 0.6) is 5.75 Å². The van der Waals surface area contributed by atoms with Crippen LogP contribution in [0.25, 0.3) is 0 Å². The lowest BCUT2D eigenvalue weighted by Gasteiger charge is -2.14. The molecule has 0 heterocycles. The summed E-state index contributed by atoms with van der Waals surface area (Å²) in [5.74, 6) is 1.31. The molecule has 1 amide bonds. The summed E-state index contributed by atoms with van der Waals surface area (Å²) in [4.78, 5) is 11.7. The van der Waals surface area contributed by atoms with E-state index in [0.717, 1.165) is 30.8 Å². The molecule has 4 heteroatoms. The highest BCUT2D eigenvalue weighted by molar-refractivity contribution is 5.77. The predicted octanol–water partition coefficient (Wildman–Crippen LogP) is 2.73. The van der Waals surface area contributed by atoms with Gasteiger partial charge in [-0.2, -0.15) is 0 Å². The zero-order chi connectivity index (χ0) is 15.7. The van der Waals surface area contributed by atoms with Crippen molar-refractivity contribution in [3.8, 4) is 5.75 Å². The highest BCUT2D eigenvalue weighted by atomic mass is 16.5. The average molecular weight is 292 g/mol. The maximum atomic E-state index is 11.7. The number of amides is 1. The number of ether oxygens (including phenoxy) is 1. The van der Waals surface area contributed by atoms with Crippen LogP contribution in [0.15, 0.2) is 24.3 Å². The largest absolute Gasteiger partial charge is 0.483 e. The van der Waals surface area contributed by atoms with Crippen LogP contribution in [0.1, 0.15) is 39.7 Å². The number of carbonyl (C=O) groups is 1. The van der Waals surface area contributed by atoms with E-state index < -0.39 is 0 Å². The van der Waals surface area contributed by atoms with Crippen molar-refractivity contribution in [2.75, 3.05) is 13.2 Å². The van der Waals surface area contributed by atoms with E-state index in [4.69, 9.17) is 4.74 Å². The van der Waals surface area contributed by atoms with Gasteiger partial charge in [0, 0.05) is 18.2 Å². The Balaban J connectivity index is 2.48. The van der Waals surface area contributed by atoms with Crippen LogP contribution in [0.2, 0.25) is 0 Å². The minimum Gasteiger partial charge on any atom is -0.483 e. The van der Waals surface area contributed by atoms with Gasteiger partial charge in [-0.05, 0) is 31.9 Å². The van der Waals surface area contributed by atoms with Gasteiger partial charge in [-0.15, -0.1) is 0 Å². The molecule has 118 valence electrons. The first-order chi connectivity index (χ1) is 10.0. The Kier molecular flexibility index (Phi) is 7.83. The molecule has 1 aromatic rings. The van der Waals surface area contributed by atoms with Crippen molar-refractivity contribution >= 4 is 5.91 Å². The number of carbonyl (C=O) groups excluding carboxylic acids is 1. The molecule has 4 nitrogen and oxygen atoms in total. The van der Waals surface area contributed by atoms with Gasteiger partial charge in [-0.1, -0.05) is 39.0 Å². The van der Waals surface area contributed by atoms with Crippen molar-refractivity contribution in [1.29, 1.82) is 0 Å². The molecule has 0 spiro atoms. The van der Waals surface area contributed by atoms with Crippen molar-refractivity contribution in [2.24, 2.45) is 5.92 Å². The highest BCUT2D eigenvalue weighted by Gasteiger charge is 2.08. The summed E-state index contributed by atoms with van der Waals surface area (Å²) in [5.41, 5.74) is 1.08. The van der Waals surface area contributed by atoms with Crippen molar-refractivity contribution in [3.05, 3.63) is 29.8 Å². The first-order valence-electron chi connectivity index (χ1n) is 7.73. The molecule has 0 aromatic heterocycles. The molecule has 21 heavy (non-hydrogen) atoms. The van der Waals surface area contributed by atoms with Gasteiger partial charge in [-0.3, -0.25) is 4.79 Å². The summed E-state index contributed by atoms with van der Waals surface area (Å²) in [5, 5.41) is 6.29. The van der Waals surface area contributed by atoms with Crippen LogP contribution in [0.3, 0.4) is 0 Å². The van der Waals surface area contributed by atoms with E-state index in [1.165, 1.54) is 0 Å². The topological polar surface area (TPSA) is 50.4 Å². The Labute approximate surface area is 128 Å². The van der Waals surface area contributed by atoms with Gasteiger partial charge in [0.2, 0.25) is 0 Å². The number of nitrogens with one attached hydrogen (secondary N) is 2. The number of hydrogen-bond donors (Lipinski definition) is 2. The highest BCUT2D eigenvalue weighted by Crippen LogP contribution is 2.17. The first-order valence-corrected chi connectivity index (χ1v) is 7.73. The van der Waals surface area contributed by atoms with Crippen molar-refractivity contribution < 1.29 is 9.53 Å². The molecule has 0 saturated carbocycles. The summed E-state index contributed by atoms with van der Waals surface area (Å²) in [6, 6.07) is 8.02. The second kappa shape index (κ2) is 9.40. The zero-order valence-corrected chi connectivity index (χ0v) is 13.6. The number of para-hydroxylation sites is 1. The molecule has 0 aliphatic carbocycles. The maximum Gasteiger partial charge on any atom is 0.258 e. The molecule has 1 rings (SSSR count). The van der Waals surface area contributed by atoms with Gasteiger partial charge in [0.1, 0.15) is 5.75 Å². The van der Waals surface area contributed by atoms with E-state index in [9.17, 15) is 4.79 Å². The molecule has 0 radical (unpaired) electrons. The second-order valence-corrected chi connectivity index (χ2v) is 5.80. The molecule has 0 aliphatic rings. The van der Waals surface area contributed by atoms with E-state index in [0.29, 0.717) is 5.92 Å². The fourth-order valence-electron chi connectivity index (χ4n) is 1.85. The summed E-state index contributed by atoms with van der Waals surface area (Å²) in [7, 11) is 0. The van der Waals surface area contributed by atoms with Crippen molar-refractivity contribution in [3.63, 3.8) is 0 Å². The summed E-state index contributed by atoms with van der Waals surface area (Å²) < 4.78 is 5.65. The molecule has 1 atom stereocenters. The minimum atomic E-state index is -0.0747. The minimum absolute atomic E-state index is 0.0610. The summed E-state index contributed by atoms with van der Waals surface area (Å²) >= 11 is 0. The van der Waals surface area contributed by atoms with Crippen LogP contribution in [0.4, 0.5) is 0 Å². The SMILES string of the molecule is CCC(C)NC(=O)COc1ccccc1CNCC(C)C. The van der Waals surface area contributed by atoms with E-state index in [1.807, 2.05) is 38.1 Å². The third kappa shape index (κ3) is 7.14. The Morgan fingerprint density at radius 2 is 1.95 bits per heavy atom. The van der Waals surface area contributed by atoms with E-state index in [2.05, 4.69) is 24.5 Å². The van der Waals surface area contributed by atoms with Gasteiger partial charge in [-0.25, -0.2) is 0 Å². The number of hydrogen-bond acceptors (Lipinski definition) is 3. The van der Waals surface area contributed by atoms with Gasteiger partial charge in [0.15, 0.2) is 6.61 Å². The Hall–Kier alpha value is -1.55. The van der Waals surface area contributed by atoms with Crippen LogP contribution in [-0.4, -0.2) is 25.1 Å². The number of rotatable bonds is 9. The lowest BCUT2D eigenvalue weighted by atomic mass is 10.2. The van der Waals surface area contributed by atoms with Crippen LogP contribution in [0, 0.1) is 5.92 Å². The molecule has 2 N–H and O–H groups in total. The van der Waals surface area contributed by atoms with Gasteiger partial charge in [0.25, 0.3) is 5.91 Å². The second-order valence-electron chi connectivity index (χ2n) is 5.80. The van der Waals surface area contributed by atoms with Crippen LogP contribution < -0.4 is 15.4 Å². The van der Waals surface area contributed by atoms with Crippen LogP contribution >= 0.6 is 0 Å². The molecule has 0 aliphatic heterocycles. The van der Waals surface area contributed by atoms with Gasteiger partial charge >= 0.3 is 0 Å². The Morgan fingerprint density at radius 1 is 1.24 bits per heavy atom. The standard InChI is InChI=1S/C17H28N2O2/c1-5-14(4)19-17(20)12-21-16-9-7-6-8-15(16)11-18-10-13(2)3/h6-9,13-14,18H,5,10-12H2,1-4H3,(H,19,20). The van der Waals surface area contributed by atoms with Crippen molar-refractivity contribution in [2.45, 2.75) is 46.7 Å². The Bertz CT molecular complexity index is 433. The van der Waals surface area contributed by atoms with Crippen LogP contribution in [-0.2, 0) is 11.3 Å². The first kappa shape index (κ1) is 17.5. The van der Waals surface area contributed by atoms with Crippen molar-refractivity contribution in [1.82, 2.24) is 10.6 Å². The molecule has 0 saturated heterocycles. The Morgan fingerprint density at radius 3 is 2.62 bits per heavy atom. The number of benzene rings is 1. The maximum absolute atomic E-state index is 11.7. The average Bonchev–Trinajstić information content (AvgIpc) is 2.45. The molecule has 0 fully saturated rings. The molecule has 1 aromatic carbocycles. The molecular formula is C17H28N2O2. The predicted molar refractivity (Wildman–Crippen MR) is 86.4 cm³/mol. The van der Waals surface area contributed by atoms with Gasteiger partial charge in [0.05, 0.1) is 0 Å². The smallest absolute Gasteiger partial charge is 0.258 e.